The normalized spacial score (nSPS) is 12.2. The second-order valence-electron chi connectivity index (χ2n) is 8.30. The first-order valence-corrected chi connectivity index (χ1v) is 12.9. The lowest BCUT2D eigenvalue weighted by molar-refractivity contribution is 0.530. The molecule has 0 saturated carbocycles. The van der Waals surface area contributed by atoms with Crippen LogP contribution in [-0.2, 0) is 0 Å². The first kappa shape index (κ1) is 31.6. The van der Waals surface area contributed by atoms with Crippen LogP contribution in [0.5, 0.6) is 0 Å². The van der Waals surface area contributed by atoms with Gasteiger partial charge in [-0.1, -0.05) is 177 Å². The summed E-state index contributed by atoms with van der Waals surface area (Å²) in [6, 6.07) is 0. The van der Waals surface area contributed by atoms with Crippen LogP contribution < -0.4 is 0 Å². The predicted molar refractivity (Wildman–Crippen MR) is 144 cm³/mol. The summed E-state index contributed by atoms with van der Waals surface area (Å²) in [4.78, 5) is 0. The van der Waals surface area contributed by atoms with Gasteiger partial charge in [-0.3, -0.25) is 0 Å². The summed E-state index contributed by atoms with van der Waals surface area (Å²) >= 11 is 0. The third-order valence-corrected chi connectivity index (χ3v) is 5.39. The van der Waals surface area contributed by atoms with Crippen molar-refractivity contribution in [2.24, 2.45) is 0 Å². The van der Waals surface area contributed by atoms with E-state index in [-0.39, 0.29) is 5.48 Å². The van der Waals surface area contributed by atoms with Gasteiger partial charge >= 0.3 is 0 Å². The molecule has 0 aromatic carbocycles. The number of rotatable bonds is 22. The van der Waals surface area contributed by atoms with Crippen molar-refractivity contribution in [2.75, 3.05) is 0 Å². The molecule has 0 rings (SSSR count). The lowest BCUT2D eigenvalue weighted by Gasteiger charge is -2.03. The first-order chi connectivity index (χ1) is 14.9. The molecule has 2 N–H and O–H groups in total. The maximum absolute atomic E-state index is 3.64. The molecule has 0 fully saturated rings. The fourth-order valence-corrected chi connectivity index (χ4v) is 3.51. The highest BCUT2D eigenvalue weighted by Gasteiger charge is 1.94. The van der Waals surface area contributed by atoms with E-state index < -0.39 is 0 Å². The van der Waals surface area contributed by atoms with Gasteiger partial charge in [0.25, 0.3) is 0 Å². The van der Waals surface area contributed by atoms with Crippen LogP contribution in [0.2, 0.25) is 0 Å². The van der Waals surface area contributed by atoms with Gasteiger partial charge in [0.05, 0.1) is 0 Å². The Labute approximate surface area is 195 Å². The molecule has 0 atom stereocenters. The summed E-state index contributed by atoms with van der Waals surface area (Å²) in [5.74, 6) is 0. The Balaban J connectivity index is 0. The molecule has 0 aromatic rings. The van der Waals surface area contributed by atoms with Gasteiger partial charge in [-0.2, -0.15) is 0 Å². The van der Waals surface area contributed by atoms with Crippen LogP contribution in [0.3, 0.4) is 0 Å². The summed E-state index contributed by atoms with van der Waals surface area (Å²) in [6.45, 7) is 5.93. The van der Waals surface area contributed by atoms with Crippen LogP contribution in [0.4, 0.5) is 0 Å². The second-order valence-corrected chi connectivity index (χ2v) is 8.30. The molecule has 0 aliphatic carbocycles. The highest BCUT2D eigenvalue weighted by molar-refractivity contribution is 5.18. The maximum Gasteiger partial charge on any atom is -0.0348 e. The second kappa shape index (κ2) is 30.6. The Morgan fingerprint density at radius 2 is 0.742 bits per heavy atom. The molecule has 0 spiro atoms. The zero-order chi connectivity index (χ0) is 21.8. The maximum atomic E-state index is 3.64. The molecule has 178 valence electrons. The molecule has 1 heteroatoms. The van der Waals surface area contributed by atoms with Gasteiger partial charge in [0.15, 0.2) is 0 Å². The van der Waals surface area contributed by atoms with E-state index in [1.165, 1.54) is 109 Å². The van der Waals surface area contributed by atoms with Crippen molar-refractivity contribution in [3.63, 3.8) is 0 Å². The van der Waals surface area contributed by atoms with Crippen LogP contribution in [-0.4, -0.2) is 5.48 Å². The Hall–Kier alpha value is -1.60. The Bertz CT molecular complexity index is 479. The van der Waals surface area contributed by atoms with Gasteiger partial charge in [-0.05, 0) is 12.8 Å². The summed E-state index contributed by atoms with van der Waals surface area (Å²) in [7, 11) is 0. The van der Waals surface area contributed by atoms with E-state index in [0.29, 0.717) is 0 Å². The molecule has 0 saturated heterocycles. The van der Waals surface area contributed by atoms with E-state index >= 15 is 0 Å². The van der Waals surface area contributed by atoms with Gasteiger partial charge in [0.1, 0.15) is 0 Å². The van der Waals surface area contributed by atoms with Crippen molar-refractivity contribution < 1.29 is 5.48 Å². The van der Waals surface area contributed by atoms with E-state index in [2.05, 4.69) is 43.9 Å². The highest BCUT2D eigenvalue weighted by Crippen LogP contribution is 2.14. The minimum atomic E-state index is 0. The number of allylic oxidation sites excluding steroid dienone is 11. The molecule has 1 nitrogen and oxygen atoms in total. The van der Waals surface area contributed by atoms with Crippen LogP contribution in [0.25, 0.3) is 0 Å². The quantitative estimate of drug-likeness (QED) is 0.121. The Morgan fingerprint density at radius 3 is 1.13 bits per heavy atom. The van der Waals surface area contributed by atoms with E-state index in [1.54, 1.807) is 6.08 Å². The molecular weight excluding hydrogens is 376 g/mol. The molecule has 0 bridgehead atoms. The van der Waals surface area contributed by atoms with Crippen molar-refractivity contribution in [3.8, 4) is 0 Å². The molecule has 0 heterocycles. The minimum Gasteiger partial charge on any atom is -0.412 e. The lowest BCUT2D eigenvalue weighted by Crippen LogP contribution is -1.83. The molecule has 0 aliphatic heterocycles. The zero-order valence-corrected chi connectivity index (χ0v) is 20.6. The molecule has 0 aromatic heterocycles. The number of hydrogen-bond acceptors (Lipinski definition) is 0. The van der Waals surface area contributed by atoms with Crippen molar-refractivity contribution >= 4 is 0 Å². The van der Waals surface area contributed by atoms with Crippen molar-refractivity contribution in [2.45, 2.75) is 116 Å². The topological polar surface area (TPSA) is 31.5 Å². The largest absolute Gasteiger partial charge is 0.412 e. The minimum absolute atomic E-state index is 0. The van der Waals surface area contributed by atoms with Crippen molar-refractivity contribution in [1.29, 1.82) is 0 Å². The van der Waals surface area contributed by atoms with E-state index in [9.17, 15) is 0 Å². The average Bonchev–Trinajstić information content (AvgIpc) is 2.76. The SMILES string of the molecule is C=CC=CC=CC=CC=CC=CCCCCCCCCCCCCCCCCCC.O. The number of unbranched alkanes of at least 4 members (excludes halogenated alkanes) is 16. The van der Waals surface area contributed by atoms with E-state index in [0.717, 1.165) is 0 Å². The van der Waals surface area contributed by atoms with Crippen molar-refractivity contribution in [3.05, 3.63) is 73.4 Å². The molecule has 0 unspecified atom stereocenters. The zero-order valence-electron chi connectivity index (χ0n) is 20.6. The average molecular weight is 429 g/mol. The van der Waals surface area contributed by atoms with E-state index in [1.807, 2.05) is 30.4 Å². The van der Waals surface area contributed by atoms with Crippen LogP contribution in [0.1, 0.15) is 116 Å². The predicted octanol–water partition coefficient (Wildman–Crippen LogP) is 9.78. The summed E-state index contributed by atoms with van der Waals surface area (Å²) < 4.78 is 0. The van der Waals surface area contributed by atoms with Crippen LogP contribution >= 0.6 is 0 Å². The van der Waals surface area contributed by atoms with Gasteiger partial charge in [0.2, 0.25) is 0 Å². The van der Waals surface area contributed by atoms with E-state index in [4.69, 9.17) is 0 Å². The third kappa shape index (κ3) is 30.7. The Kier molecular flexibility index (Phi) is 31.2. The first-order valence-electron chi connectivity index (χ1n) is 12.9. The standard InChI is InChI=1S/C30H50.H2O/c1-3-5-7-9-11-13-15-17-19-21-23-25-27-29-30-28-26-24-22-20-18-16-14-12-10-8-6-4-2;/h3,5,7,9,11,13,15,17,19,21,23H,1,4,6,8,10,12,14,16,18,20,22,24-30H2,2H3;1H2. The van der Waals surface area contributed by atoms with Gasteiger partial charge in [0, 0.05) is 0 Å². The Morgan fingerprint density at radius 1 is 0.419 bits per heavy atom. The molecule has 0 radical (unpaired) electrons. The highest BCUT2D eigenvalue weighted by atomic mass is 16.0. The molecule has 0 aliphatic rings. The van der Waals surface area contributed by atoms with Gasteiger partial charge in [-0.25, -0.2) is 0 Å². The smallest absolute Gasteiger partial charge is 0.0348 e. The fraction of sp³-hybridized carbons (Fsp3) is 0.600. The van der Waals surface area contributed by atoms with Crippen LogP contribution in [0.15, 0.2) is 73.4 Å². The fourth-order valence-electron chi connectivity index (χ4n) is 3.51. The van der Waals surface area contributed by atoms with Crippen LogP contribution in [0, 0.1) is 0 Å². The van der Waals surface area contributed by atoms with Crippen molar-refractivity contribution in [1.82, 2.24) is 0 Å². The third-order valence-electron chi connectivity index (χ3n) is 5.39. The molecule has 31 heavy (non-hydrogen) atoms. The monoisotopic (exact) mass is 428 g/mol. The summed E-state index contributed by atoms with van der Waals surface area (Å²) in [5, 5.41) is 0. The summed E-state index contributed by atoms with van der Waals surface area (Å²) in [5.41, 5.74) is 0. The van der Waals surface area contributed by atoms with Gasteiger partial charge in [-0.15, -0.1) is 0 Å². The molecular formula is C30H52O. The lowest BCUT2D eigenvalue weighted by atomic mass is 10.0. The molecule has 0 amide bonds. The van der Waals surface area contributed by atoms with Gasteiger partial charge < -0.3 is 5.48 Å². The number of hydrogen-bond donors (Lipinski definition) is 0. The summed E-state index contributed by atoms with van der Waals surface area (Å²) in [6.07, 6.45) is 46.6.